The molecule has 1 aromatic carbocycles. The van der Waals surface area contributed by atoms with Crippen LogP contribution in [0.5, 0.6) is 0 Å². The minimum atomic E-state index is -3.50. The maximum absolute atomic E-state index is 12.3. The molecular weight excluding hydrogens is 292 g/mol. The van der Waals surface area contributed by atoms with Gasteiger partial charge in [0.2, 0.25) is 10.0 Å². The fraction of sp³-hybridized carbons (Fsp3) is 0.500. The van der Waals surface area contributed by atoms with Crippen LogP contribution in [0.15, 0.2) is 23.1 Å². The molecule has 1 aromatic rings. The van der Waals surface area contributed by atoms with Crippen molar-refractivity contribution in [2.24, 2.45) is 5.73 Å². The maximum Gasteiger partial charge on any atom is 0.240 e. The lowest BCUT2D eigenvalue weighted by atomic mass is 10.1. The van der Waals surface area contributed by atoms with E-state index in [9.17, 15) is 8.42 Å². The molecular formula is C14H22N2O2S2. The van der Waals surface area contributed by atoms with Crippen molar-refractivity contribution < 1.29 is 8.42 Å². The highest BCUT2D eigenvalue weighted by Gasteiger charge is 2.17. The normalized spacial score (nSPS) is 11.5. The molecule has 0 spiro atoms. The van der Waals surface area contributed by atoms with E-state index < -0.39 is 10.0 Å². The van der Waals surface area contributed by atoms with Crippen molar-refractivity contribution in [2.75, 3.05) is 6.54 Å². The number of hydrogen-bond acceptors (Lipinski definition) is 3. The molecule has 1 rings (SSSR count). The van der Waals surface area contributed by atoms with E-state index in [2.05, 4.69) is 11.6 Å². The quantitative estimate of drug-likeness (QED) is 0.571. The Kier molecular flexibility index (Phi) is 6.58. The summed E-state index contributed by atoms with van der Waals surface area (Å²) in [5, 5.41) is 0. The van der Waals surface area contributed by atoms with Crippen molar-refractivity contribution in [3.8, 4) is 0 Å². The van der Waals surface area contributed by atoms with Crippen LogP contribution < -0.4 is 10.5 Å². The Hall–Kier alpha value is -0.980. The van der Waals surface area contributed by atoms with Gasteiger partial charge in [-0.05, 0) is 25.0 Å². The fourth-order valence-electron chi connectivity index (χ4n) is 1.88. The molecule has 0 fully saturated rings. The topological polar surface area (TPSA) is 72.2 Å². The summed E-state index contributed by atoms with van der Waals surface area (Å²) in [4.78, 5) is 0.447. The van der Waals surface area contributed by atoms with Gasteiger partial charge in [-0.2, -0.15) is 0 Å². The number of hydrogen-bond donors (Lipinski definition) is 2. The standard InChI is InChI=1S/C14H22N2O2S2/c1-3-4-5-6-9-16-20(17,18)13-10-12(14(15)19)8-7-11(13)2/h7-8,10,16H,3-6,9H2,1-2H3,(H2,15,19). The summed E-state index contributed by atoms with van der Waals surface area (Å²) in [7, 11) is -3.50. The Morgan fingerprint density at radius 3 is 2.60 bits per heavy atom. The molecule has 0 radical (unpaired) electrons. The van der Waals surface area contributed by atoms with Crippen molar-refractivity contribution >= 4 is 27.2 Å². The highest BCUT2D eigenvalue weighted by molar-refractivity contribution is 7.89. The highest BCUT2D eigenvalue weighted by atomic mass is 32.2. The third kappa shape index (κ3) is 4.85. The molecule has 6 heteroatoms. The van der Waals surface area contributed by atoms with Gasteiger partial charge in [0.05, 0.1) is 4.90 Å². The smallest absolute Gasteiger partial charge is 0.240 e. The van der Waals surface area contributed by atoms with Gasteiger partial charge in [0.25, 0.3) is 0 Å². The lowest BCUT2D eigenvalue weighted by Gasteiger charge is -2.10. The third-order valence-electron chi connectivity index (χ3n) is 3.08. The van der Waals surface area contributed by atoms with Crippen molar-refractivity contribution in [1.82, 2.24) is 4.72 Å². The first-order valence-electron chi connectivity index (χ1n) is 6.78. The Morgan fingerprint density at radius 2 is 2.00 bits per heavy atom. The first kappa shape index (κ1) is 17.1. The number of sulfonamides is 1. The second-order valence-electron chi connectivity index (χ2n) is 4.80. The SMILES string of the molecule is CCCCCCNS(=O)(=O)c1cc(C(N)=S)ccc1C. The zero-order valence-corrected chi connectivity index (χ0v) is 13.6. The van der Waals surface area contributed by atoms with Gasteiger partial charge < -0.3 is 5.73 Å². The fourth-order valence-corrected chi connectivity index (χ4v) is 3.35. The van der Waals surface area contributed by atoms with Crippen LogP contribution in [0.1, 0.15) is 43.7 Å². The van der Waals surface area contributed by atoms with E-state index >= 15 is 0 Å². The van der Waals surface area contributed by atoms with Gasteiger partial charge >= 0.3 is 0 Å². The van der Waals surface area contributed by atoms with E-state index in [4.69, 9.17) is 18.0 Å². The first-order valence-corrected chi connectivity index (χ1v) is 8.67. The predicted molar refractivity (Wildman–Crippen MR) is 86.4 cm³/mol. The first-order chi connectivity index (χ1) is 9.38. The molecule has 0 saturated carbocycles. The van der Waals surface area contributed by atoms with E-state index in [-0.39, 0.29) is 9.88 Å². The molecule has 0 unspecified atom stereocenters. The summed E-state index contributed by atoms with van der Waals surface area (Å²) >= 11 is 4.89. The van der Waals surface area contributed by atoms with Gasteiger partial charge in [0.1, 0.15) is 4.99 Å². The average Bonchev–Trinajstić information content (AvgIpc) is 2.38. The van der Waals surface area contributed by atoms with Crippen LogP contribution in [0.3, 0.4) is 0 Å². The molecule has 3 N–H and O–H groups in total. The summed E-state index contributed by atoms with van der Waals surface area (Å²) in [5.74, 6) is 0. The van der Waals surface area contributed by atoms with Gasteiger partial charge in [-0.15, -0.1) is 0 Å². The number of benzene rings is 1. The summed E-state index contributed by atoms with van der Waals surface area (Å²) in [6.45, 7) is 4.34. The second-order valence-corrected chi connectivity index (χ2v) is 6.98. The Morgan fingerprint density at radius 1 is 1.30 bits per heavy atom. The van der Waals surface area contributed by atoms with Gasteiger partial charge in [-0.25, -0.2) is 13.1 Å². The van der Waals surface area contributed by atoms with E-state index in [1.165, 1.54) is 6.07 Å². The Balaban J connectivity index is 2.81. The molecule has 0 atom stereocenters. The Bertz CT molecular complexity index is 569. The number of unbranched alkanes of at least 4 members (excludes halogenated alkanes) is 3. The number of nitrogens with two attached hydrogens (primary N) is 1. The molecule has 0 aliphatic rings. The minimum Gasteiger partial charge on any atom is -0.389 e. The lowest BCUT2D eigenvalue weighted by Crippen LogP contribution is -2.26. The van der Waals surface area contributed by atoms with Crippen molar-refractivity contribution in [2.45, 2.75) is 44.4 Å². The monoisotopic (exact) mass is 314 g/mol. The Labute approximate surface area is 126 Å². The molecule has 0 aromatic heterocycles. The van der Waals surface area contributed by atoms with Gasteiger partial charge in [-0.3, -0.25) is 0 Å². The largest absolute Gasteiger partial charge is 0.389 e. The number of aryl methyl sites for hydroxylation is 1. The summed E-state index contributed by atoms with van der Waals surface area (Å²) in [6.07, 6.45) is 4.13. The molecule has 0 aliphatic heterocycles. The lowest BCUT2D eigenvalue weighted by molar-refractivity contribution is 0.573. The van der Waals surface area contributed by atoms with Crippen LogP contribution >= 0.6 is 12.2 Å². The van der Waals surface area contributed by atoms with Crippen LogP contribution in [0, 0.1) is 6.92 Å². The zero-order valence-electron chi connectivity index (χ0n) is 12.0. The molecule has 112 valence electrons. The summed E-state index contributed by atoms with van der Waals surface area (Å²) < 4.78 is 27.2. The molecule has 4 nitrogen and oxygen atoms in total. The van der Waals surface area contributed by atoms with Crippen LogP contribution in [-0.2, 0) is 10.0 Å². The molecule has 0 amide bonds. The molecule has 0 aliphatic carbocycles. The highest BCUT2D eigenvalue weighted by Crippen LogP contribution is 2.17. The predicted octanol–water partition coefficient (Wildman–Crippen LogP) is 2.49. The maximum atomic E-state index is 12.3. The number of thiocarbonyl (C=S) groups is 1. The zero-order chi connectivity index (χ0) is 15.2. The number of nitrogens with one attached hydrogen (secondary N) is 1. The van der Waals surface area contributed by atoms with Gasteiger partial charge in [-0.1, -0.05) is 50.5 Å². The van der Waals surface area contributed by atoms with Crippen molar-refractivity contribution in [3.63, 3.8) is 0 Å². The van der Waals surface area contributed by atoms with E-state index in [0.717, 1.165) is 25.7 Å². The van der Waals surface area contributed by atoms with E-state index in [1.807, 2.05) is 0 Å². The summed E-state index contributed by atoms with van der Waals surface area (Å²) in [6, 6.07) is 4.99. The molecule has 0 bridgehead atoms. The van der Waals surface area contributed by atoms with E-state index in [0.29, 0.717) is 17.7 Å². The molecule has 20 heavy (non-hydrogen) atoms. The van der Waals surface area contributed by atoms with Gasteiger partial charge in [0, 0.05) is 12.1 Å². The third-order valence-corrected chi connectivity index (χ3v) is 4.92. The second kappa shape index (κ2) is 7.71. The van der Waals surface area contributed by atoms with Crippen LogP contribution in [0.25, 0.3) is 0 Å². The average molecular weight is 314 g/mol. The van der Waals surface area contributed by atoms with Crippen LogP contribution in [0.2, 0.25) is 0 Å². The van der Waals surface area contributed by atoms with E-state index in [1.54, 1.807) is 19.1 Å². The van der Waals surface area contributed by atoms with Crippen LogP contribution in [0.4, 0.5) is 0 Å². The molecule has 0 saturated heterocycles. The summed E-state index contributed by atoms with van der Waals surface area (Å²) in [5.41, 5.74) is 6.80. The van der Waals surface area contributed by atoms with Crippen molar-refractivity contribution in [1.29, 1.82) is 0 Å². The van der Waals surface area contributed by atoms with Gasteiger partial charge in [0.15, 0.2) is 0 Å². The van der Waals surface area contributed by atoms with Crippen molar-refractivity contribution in [3.05, 3.63) is 29.3 Å². The number of rotatable bonds is 8. The van der Waals surface area contributed by atoms with Crippen LogP contribution in [-0.4, -0.2) is 20.0 Å². The molecule has 0 heterocycles. The minimum absolute atomic E-state index is 0.199.